The lowest BCUT2D eigenvalue weighted by Crippen LogP contribution is -2.34. The molecule has 25 heavy (non-hydrogen) atoms. The smallest absolute Gasteiger partial charge is 0.311 e. The zero-order valence-electron chi connectivity index (χ0n) is 13.1. The third kappa shape index (κ3) is 2.87. The van der Waals surface area contributed by atoms with E-state index in [0.29, 0.717) is 17.2 Å². The van der Waals surface area contributed by atoms with E-state index in [1.807, 2.05) is 0 Å². The summed E-state index contributed by atoms with van der Waals surface area (Å²) in [5, 5.41) is 29.3. The number of aliphatic hydroxyl groups is 3. The summed E-state index contributed by atoms with van der Waals surface area (Å²) in [5.41, 5.74) is 5.90. The van der Waals surface area contributed by atoms with Crippen LogP contribution in [-0.4, -0.2) is 61.4 Å². The number of thiazole rings is 1. The molecule has 2 fully saturated rings. The van der Waals surface area contributed by atoms with Crippen LogP contribution in [0.25, 0.3) is 10.3 Å². The predicted octanol–water partition coefficient (Wildman–Crippen LogP) is -1.16. The van der Waals surface area contributed by atoms with E-state index in [9.17, 15) is 20.1 Å². The molecule has 1 aliphatic heterocycles. The van der Waals surface area contributed by atoms with Gasteiger partial charge in [0.05, 0.1) is 13.2 Å². The van der Waals surface area contributed by atoms with Gasteiger partial charge in [-0.15, -0.1) is 0 Å². The third-order valence-corrected chi connectivity index (χ3v) is 5.31. The lowest BCUT2D eigenvalue weighted by molar-refractivity contribution is -0.0518. The number of anilines is 1. The van der Waals surface area contributed by atoms with Crippen molar-refractivity contribution in [1.82, 2.24) is 14.5 Å². The van der Waals surface area contributed by atoms with Crippen molar-refractivity contribution in [3.63, 3.8) is 0 Å². The largest absolute Gasteiger partial charge is 0.476 e. The van der Waals surface area contributed by atoms with Gasteiger partial charge in [0.15, 0.2) is 11.9 Å². The van der Waals surface area contributed by atoms with Crippen molar-refractivity contribution in [3.8, 4) is 5.88 Å². The Morgan fingerprint density at radius 3 is 2.72 bits per heavy atom. The van der Waals surface area contributed by atoms with Crippen molar-refractivity contribution in [2.24, 2.45) is 5.92 Å². The van der Waals surface area contributed by atoms with Crippen molar-refractivity contribution in [1.29, 1.82) is 0 Å². The standard InChI is InChI=1S/C14H18N4O6S/c15-13-16-10-9(11(17-13)23-4-5-1-2-5)25-14(22)18(10)12-8(21)7(20)6(3-19)24-12/h5-8,12,19-21H,1-4H2,(H2,15,16,17)/t6-,7-,8-,12-/m1/s1. The van der Waals surface area contributed by atoms with Crippen molar-refractivity contribution in [2.45, 2.75) is 37.4 Å². The number of ether oxygens (including phenoxy) is 2. The molecule has 1 saturated carbocycles. The minimum Gasteiger partial charge on any atom is -0.476 e. The number of nitrogens with two attached hydrogens (primary N) is 1. The molecule has 136 valence electrons. The fraction of sp³-hybridized carbons (Fsp3) is 0.643. The molecule has 2 aromatic heterocycles. The van der Waals surface area contributed by atoms with Gasteiger partial charge in [-0.3, -0.25) is 9.36 Å². The van der Waals surface area contributed by atoms with Crippen LogP contribution in [0.4, 0.5) is 5.95 Å². The monoisotopic (exact) mass is 370 g/mol. The lowest BCUT2D eigenvalue weighted by atomic mass is 10.1. The molecule has 5 N–H and O–H groups in total. The van der Waals surface area contributed by atoms with Gasteiger partial charge in [0, 0.05) is 0 Å². The Morgan fingerprint density at radius 1 is 1.32 bits per heavy atom. The molecule has 2 aromatic rings. The molecular weight excluding hydrogens is 352 g/mol. The average molecular weight is 370 g/mol. The summed E-state index contributed by atoms with van der Waals surface area (Å²) >= 11 is 0.852. The fourth-order valence-electron chi connectivity index (χ4n) is 2.81. The van der Waals surface area contributed by atoms with Crippen LogP contribution in [0.5, 0.6) is 5.88 Å². The van der Waals surface area contributed by atoms with Crippen molar-refractivity contribution < 1.29 is 24.8 Å². The molecule has 10 nitrogen and oxygen atoms in total. The van der Waals surface area contributed by atoms with Crippen molar-refractivity contribution in [3.05, 3.63) is 9.67 Å². The van der Waals surface area contributed by atoms with E-state index in [4.69, 9.17) is 15.2 Å². The van der Waals surface area contributed by atoms with Gasteiger partial charge in [-0.1, -0.05) is 11.3 Å². The SMILES string of the molecule is Nc1nc(OCC2CC2)c2sc(=O)n([C@@H]3O[C@H](CO)[C@@H](O)[C@H]3O)c2n1. The summed E-state index contributed by atoms with van der Waals surface area (Å²) in [6.45, 7) is 0.00389. The van der Waals surface area contributed by atoms with Crippen molar-refractivity contribution in [2.75, 3.05) is 18.9 Å². The first kappa shape index (κ1) is 16.7. The Balaban J connectivity index is 1.76. The number of aliphatic hydroxyl groups excluding tert-OH is 3. The maximum absolute atomic E-state index is 12.5. The number of nitrogens with zero attached hydrogens (tertiary/aromatic N) is 3. The third-order valence-electron chi connectivity index (χ3n) is 4.37. The maximum atomic E-state index is 12.5. The number of rotatable bonds is 5. The molecule has 4 atom stereocenters. The van der Waals surface area contributed by atoms with Crippen LogP contribution in [-0.2, 0) is 4.74 Å². The zero-order valence-corrected chi connectivity index (χ0v) is 13.9. The van der Waals surface area contributed by atoms with Crippen LogP contribution in [0.3, 0.4) is 0 Å². The van der Waals surface area contributed by atoms with Gasteiger partial charge in [0.1, 0.15) is 23.0 Å². The summed E-state index contributed by atoms with van der Waals surface area (Å²) in [6.07, 6.45) is -2.68. The Bertz CT molecular complexity index is 850. The van der Waals surface area contributed by atoms with Crippen molar-refractivity contribution >= 4 is 27.6 Å². The second kappa shape index (κ2) is 6.18. The molecule has 11 heteroatoms. The molecule has 3 heterocycles. The van der Waals surface area contributed by atoms with E-state index in [-0.39, 0.29) is 17.5 Å². The quantitative estimate of drug-likeness (QED) is 0.510. The Kier molecular flexibility index (Phi) is 4.12. The van der Waals surface area contributed by atoms with E-state index in [2.05, 4.69) is 9.97 Å². The van der Waals surface area contributed by atoms with Crippen LogP contribution in [0.2, 0.25) is 0 Å². The van der Waals surface area contributed by atoms with Gasteiger partial charge < -0.3 is 30.5 Å². The Morgan fingerprint density at radius 2 is 2.08 bits per heavy atom. The normalized spacial score (nSPS) is 29.4. The molecule has 1 aliphatic carbocycles. The summed E-state index contributed by atoms with van der Waals surface area (Å²) in [6, 6.07) is 0. The highest BCUT2D eigenvalue weighted by atomic mass is 32.1. The molecule has 0 spiro atoms. The van der Waals surface area contributed by atoms with Crippen LogP contribution in [0, 0.1) is 5.92 Å². The minimum absolute atomic E-state index is 0.0726. The van der Waals surface area contributed by atoms with Gasteiger partial charge in [-0.2, -0.15) is 9.97 Å². The minimum atomic E-state index is -1.39. The highest BCUT2D eigenvalue weighted by Gasteiger charge is 2.45. The van der Waals surface area contributed by atoms with E-state index < -0.39 is 36.0 Å². The highest BCUT2D eigenvalue weighted by molar-refractivity contribution is 7.16. The second-order valence-corrected chi connectivity index (χ2v) is 7.22. The number of hydrogen-bond donors (Lipinski definition) is 4. The summed E-state index contributed by atoms with van der Waals surface area (Å²) in [4.78, 5) is 20.1. The van der Waals surface area contributed by atoms with Crippen LogP contribution < -0.4 is 15.3 Å². The molecule has 1 saturated heterocycles. The van der Waals surface area contributed by atoms with Gasteiger partial charge in [-0.25, -0.2) is 0 Å². The van der Waals surface area contributed by atoms with Gasteiger partial charge >= 0.3 is 4.87 Å². The van der Waals surface area contributed by atoms with E-state index in [1.165, 1.54) is 0 Å². The molecule has 2 aliphatic rings. The molecule has 0 bridgehead atoms. The summed E-state index contributed by atoms with van der Waals surface area (Å²) < 4.78 is 12.6. The Labute approximate surface area is 145 Å². The first-order valence-electron chi connectivity index (χ1n) is 7.93. The molecule has 0 amide bonds. The summed E-state index contributed by atoms with van der Waals surface area (Å²) in [7, 11) is 0. The lowest BCUT2D eigenvalue weighted by Gasteiger charge is -2.16. The predicted molar refractivity (Wildman–Crippen MR) is 87.3 cm³/mol. The molecule has 0 unspecified atom stereocenters. The average Bonchev–Trinajstić information content (AvgIpc) is 3.30. The first-order chi connectivity index (χ1) is 12.0. The number of fused-ring (bicyclic) bond motifs is 1. The maximum Gasteiger partial charge on any atom is 0.311 e. The Hall–Kier alpha value is -1.79. The van der Waals surface area contributed by atoms with Gasteiger partial charge in [0.2, 0.25) is 11.8 Å². The molecule has 0 aromatic carbocycles. The fourth-order valence-corrected chi connectivity index (χ4v) is 3.70. The molecular formula is C14H18N4O6S. The number of hydrogen-bond acceptors (Lipinski definition) is 10. The van der Waals surface area contributed by atoms with Crippen LogP contribution >= 0.6 is 11.3 Å². The van der Waals surface area contributed by atoms with Crippen LogP contribution in [0.15, 0.2) is 4.79 Å². The topological polar surface area (TPSA) is 153 Å². The first-order valence-corrected chi connectivity index (χ1v) is 8.75. The summed E-state index contributed by atoms with van der Waals surface area (Å²) in [5.74, 6) is 0.643. The van der Waals surface area contributed by atoms with Crippen LogP contribution in [0.1, 0.15) is 19.1 Å². The molecule has 4 rings (SSSR count). The number of nitrogen functional groups attached to an aromatic ring is 1. The highest BCUT2D eigenvalue weighted by Crippen LogP contribution is 2.35. The molecule has 0 radical (unpaired) electrons. The van der Waals surface area contributed by atoms with E-state index >= 15 is 0 Å². The van der Waals surface area contributed by atoms with Gasteiger partial charge in [0.25, 0.3) is 0 Å². The van der Waals surface area contributed by atoms with E-state index in [0.717, 1.165) is 28.7 Å². The zero-order chi connectivity index (χ0) is 17.7. The second-order valence-electron chi connectivity index (χ2n) is 6.26. The van der Waals surface area contributed by atoms with E-state index in [1.54, 1.807) is 0 Å². The van der Waals surface area contributed by atoms with Gasteiger partial charge in [-0.05, 0) is 18.8 Å². The number of aromatic nitrogens is 3.